The highest BCUT2D eigenvalue weighted by Crippen LogP contribution is 2.27. The van der Waals surface area contributed by atoms with Gasteiger partial charge in [0.05, 0.1) is 13.2 Å². The van der Waals surface area contributed by atoms with Gasteiger partial charge in [0.1, 0.15) is 5.82 Å². The van der Waals surface area contributed by atoms with Crippen LogP contribution in [-0.4, -0.2) is 61.1 Å². The average molecular weight is 348 g/mol. The van der Waals surface area contributed by atoms with E-state index >= 15 is 0 Å². The van der Waals surface area contributed by atoms with Gasteiger partial charge < -0.3 is 9.64 Å². The number of ether oxygens (including phenoxy) is 1. The molecule has 0 bridgehead atoms. The van der Waals surface area contributed by atoms with E-state index in [1.807, 2.05) is 17.9 Å². The summed E-state index contributed by atoms with van der Waals surface area (Å²) in [6.07, 6.45) is 1.68. The van der Waals surface area contributed by atoms with E-state index in [1.54, 1.807) is 6.07 Å². The van der Waals surface area contributed by atoms with Crippen molar-refractivity contribution in [1.82, 2.24) is 9.80 Å². The van der Waals surface area contributed by atoms with Crippen molar-refractivity contribution in [1.29, 1.82) is 0 Å². The van der Waals surface area contributed by atoms with E-state index in [0.29, 0.717) is 18.4 Å². The van der Waals surface area contributed by atoms with E-state index in [1.165, 1.54) is 12.1 Å². The van der Waals surface area contributed by atoms with Crippen molar-refractivity contribution in [2.24, 2.45) is 11.8 Å². The molecule has 0 radical (unpaired) electrons. The number of likely N-dealkylation sites (tertiary alicyclic amines) is 1. The van der Waals surface area contributed by atoms with Crippen molar-refractivity contribution in [2.75, 3.05) is 39.4 Å². The topological polar surface area (TPSA) is 32.8 Å². The highest BCUT2D eigenvalue weighted by Gasteiger charge is 2.38. The number of halogens is 1. The fraction of sp³-hybridized carbons (Fsp3) is 0.650. The Morgan fingerprint density at radius 3 is 2.76 bits per heavy atom. The quantitative estimate of drug-likeness (QED) is 0.820. The number of benzene rings is 1. The molecule has 138 valence electrons. The lowest BCUT2D eigenvalue weighted by Gasteiger charge is -2.34. The summed E-state index contributed by atoms with van der Waals surface area (Å²) in [6, 6.07) is 7.01. The summed E-state index contributed by atoms with van der Waals surface area (Å²) in [4.78, 5) is 17.4. The van der Waals surface area contributed by atoms with Gasteiger partial charge in [0.25, 0.3) is 0 Å². The minimum absolute atomic E-state index is 0.122. The molecule has 2 saturated heterocycles. The molecule has 0 unspecified atom stereocenters. The van der Waals surface area contributed by atoms with Crippen LogP contribution in [0.25, 0.3) is 0 Å². The molecule has 0 spiro atoms. The van der Waals surface area contributed by atoms with Gasteiger partial charge in [-0.05, 0) is 30.0 Å². The van der Waals surface area contributed by atoms with Crippen LogP contribution in [0, 0.1) is 17.7 Å². The smallest absolute Gasteiger partial charge is 0.225 e. The highest BCUT2D eigenvalue weighted by molar-refractivity contribution is 5.79. The molecule has 2 aliphatic heterocycles. The Labute approximate surface area is 149 Å². The highest BCUT2D eigenvalue weighted by atomic mass is 19.1. The molecule has 0 aromatic heterocycles. The number of nitrogens with zero attached hydrogens (tertiary/aromatic N) is 2. The number of rotatable bonds is 5. The third kappa shape index (κ3) is 4.39. The molecule has 2 heterocycles. The maximum atomic E-state index is 13.4. The fourth-order valence-electron chi connectivity index (χ4n) is 4.17. The first kappa shape index (κ1) is 18.3. The first-order valence-corrected chi connectivity index (χ1v) is 9.43. The number of carbonyl (C=O) groups is 1. The van der Waals surface area contributed by atoms with Crippen LogP contribution in [0.15, 0.2) is 24.3 Å². The van der Waals surface area contributed by atoms with Gasteiger partial charge in [-0.25, -0.2) is 4.39 Å². The minimum Gasteiger partial charge on any atom is -0.379 e. The van der Waals surface area contributed by atoms with Crippen molar-refractivity contribution < 1.29 is 13.9 Å². The van der Waals surface area contributed by atoms with Crippen LogP contribution in [0.1, 0.15) is 25.8 Å². The standard InChI is InChI=1S/C20H29FN2O2/c1-3-17-13-23(14-19(17)22-7-9-25-10-8-22)20(24)15(2)11-16-5-4-6-18(21)12-16/h4-6,12,15,17,19H,3,7-11,13-14H2,1-2H3/t15-,17+,19-/m0/s1. The van der Waals surface area contributed by atoms with Crippen molar-refractivity contribution >= 4 is 5.91 Å². The van der Waals surface area contributed by atoms with Crippen LogP contribution < -0.4 is 0 Å². The van der Waals surface area contributed by atoms with Crippen LogP contribution in [0.5, 0.6) is 0 Å². The number of hydrogen-bond acceptors (Lipinski definition) is 3. The van der Waals surface area contributed by atoms with Gasteiger partial charge in [0.15, 0.2) is 0 Å². The number of hydrogen-bond donors (Lipinski definition) is 0. The molecular formula is C20H29FN2O2. The first-order valence-electron chi connectivity index (χ1n) is 9.43. The van der Waals surface area contributed by atoms with Gasteiger partial charge in [-0.2, -0.15) is 0 Å². The van der Waals surface area contributed by atoms with Gasteiger partial charge >= 0.3 is 0 Å². The molecule has 0 aliphatic carbocycles. The summed E-state index contributed by atoms with van der Waals surface area (Å²) in [5, 5.41) is 0. The Morgan fingerprint density at radius 2 is 2.08 bits per heavy atom. The van der Waals surface area contributed by atoms with E-state index in [4.69, 9.17) is 4.74 Å². The van der Waals surface area contributed by atoms with Crippen molar-refractivity contribution in [2.45, 2.75) is 32.7 Å². The Kier molecular flexibility index (Phi) is 6.07. The Hall–Kier alpha value is -1.46. The van der Waals surface area contributed by atoms with Crippen molar-refractivity contribution in [3.63, 3.8) is 0 Å². The monoisotopic (exact) mass is 348 g/mol. The summed E-state index contributed by atoms with van der Waals surface area (Å²) < 4.78 is 18.8. The van der Waals surface area contributed by atoms with Gasteiger partial charge in [-0.1, -0.05) is 32.4 Å². The summed E-state index contributed by atoms with van der Waals surface area (Å²) in [5.41, 5.74) is 0.886. The maximum Gasteiger partial charge on any atom is 0.225 e. The molecule has 2 aliphatic rings. The minimum atomic E-state index is -0.239. The average Bonchev–Trinajstić information content (AvgIpc) is 3.06. The summed E-state index contributed by atoms with van der Waals surface area (Å²) >= 11 is 0. The van der Waals surface area contributed by atoms with Crippen LogP contribution >= 0.6 is 0 Å². The van der Waals surface area contributed by atoms with Crippen LogP contribution in [0.3, 0.4) is 0 Å². The third-order valence-corrected chi connectivity index (χ3v) is 5.61. The van der Waals surface area contributed by atoms with E-state index in [0.717, 1.165) is 51.4 Å². The Bertz CT molecular complexity index is 589. The van der Waals surface area contributed by atoms with Crippen molar-refractivity contribution in [3.05, 3.63) is 35.6 Å². The molecule has 1 aromatic rings. The second-order valence-electron chi connectivity index (χ2n) is 7.36. The normalized spacial score (nSPS) is 26.0. The summed E-state index contributed by atoms with van der Waals surface area (Å²) in [5.74, 6) is 0.362. The molecule has 2 fully saturated rings. The molecule has 1 amide bonds. The molecule has 1 aromatic carbocycles. The summed E-state index contributed by atoms with van der Waals surface area (Å²) in [6.45, 7) is 9.31. The van der Waals surface area contributed by atoms with Crippen LogP contribution in [0.2, 0.25) is 0 Å². The molecule has 3 atom stereocenters. The van der Waals surface area contributed by atoms with Gasteiger partial charge in [-0.15, -0.1) is 0 Å². The number of carbonyl (C=O) groups excluding carboxylic acids is 1. The third-order valence-electron chi connectivity index (χ3n) is 5.61. The molecule has 25 heavy (non-hydrogen) atoms. The zero-order valence-electron chi connectivity index (χ0n) is 15.3. The SMILES string of the molecule is CC[C@@H]1CN(C(=O)[C@@H](C)Cc2cccc(F)c2)C[C@@H]1N1CCOCC1. The molecule has 5 heteroatoms. The zero-order chi connectivity index (χ0) is 17.8. The zero-order valence-corrected chi connectivity index (χ0v) is 15.3. The fourth-order valence-corrected chi connectivity index (χ4v) is 4.17. The lowest BCUT2D eigenvalue weighted by atomic mass is 9.99. The second-order valence-corrected chi connectivity index (χ2v) is 7.36. The molecule has 4 nitrogen and oxygen atoms in total. The molecule has 3 rings (SSSR count). The predicted molar refractivity (Wildman–Crippen MR) is 95.8 cm³/mol. The van der Waals surface area contributed by atoms with E-state index in [-0.39, 0.29) is 17.6 Å². The molecular weight excluding hydrogens is 319 g/mol. The van der Waals surface area contributed by atoms with E-state index < -0.39 is 0 Å². The molecule has 0 saturated carbocycles. The van der Waals surface area contributed by atoms with Gasteiger partial charge in [-0.3, -0.25) is 9.69 Å². The molecule has 0 N–H and O–H groups in total. The lowest BCUT2D eigenvalue weighted by Crippen LogP contribution is -2.47. The van der Waals surface area contributed by atoms with Gasteiger partial charge in [0.2, 0.25) is 5.91 Å². The maximum absolute atomic E-state index is 13.4. The Morgan fingerprint density at radius 1 is 1.32 bits per heavy atom. The summed E-state index contributed by atoms with van der Waals surface area (Å²) in [7, 11) is 0. The Balaban J connectivity index is 1.61. The number of morpholine rings is 1. The van der Waals surface area contributed by atoms with Crippen molar-refractivity contribution in [3.8, 4) is 0 Å². The van der Waals surface area contributed by atoms with E-state index in [9.17, 15) is 9.18 Å². The second kappa shape index (κ2) is 8.28. The van der Waals surface area contributed by atoms with Gasteiger partial charge in [0, 0.05) is 38.1 Å². The van der Waals surface area contributed by atoms with Crippen LogP contribution in [0.4, 0.5) is 4.39 Å². The van der Waals surface area contributed by atoms with Crippen LogP contribution in [-0.2, 0) is 16.0 Å². The lowest BCUT2D eigenvalue weighted by molar-refractivity contribution is -0.134. The number of amides is 1. The van der Waals surface area contributed by atoms with E-state index in [2.05, 4.69) is 11.8 Å². The largest absolute Gasteiger partial charge is 0.379 e. The predicted octanol–water partition coefficient (Wildman–Crippen LogP) is 2.57. The first-order chi connectivity index (χ1) is 12.1.